The summed E-state index contributed by atoms with van der Waals surface area (Å²) in [4.78, 5) is 3.89. The molecule has 0 bridgehead atoms. The third kappa shape index (κ3) is 2.31. The number of benzene rings is 2. The first kappa shape index (κ1) is 15.1. The molecule has 0 aromatic heterocycles. The topological polar surface area (TPSA) is 38.4 Å². The smallest absolute Gasteiger partial charge is 0.383 e. The fourth-order valence-corrected chi connectivity index (χ4v) is 3.14. The highest BCUT2D eigenvalue weighted by molar-refractivity contribution is 9.10. The third-order valence-corrected chi connectivity index (χ3v) is 4.32. The Hall–Kier alpha value is -1.82. The normalized spacial score (nSPS) is 21.2. The molecule has 2 nitrogen and oxygen atoms in total. The summed E-state index contributed by atoms with van der Waals surface area (Å²) in [6, 6.07) is 12.9. The van der Waals surface area contributed by atoms with Crippen molar-refractivity contribution in [3.8, 4) is 0 Å². The van der Waals surface area contributed by atoms with Gasteiger partial charge in [-0.1, -0.05) is 52.3 Å². The largest absolute Gasteiger partial charge is 0.418 e. The Morgan fingerprint density at radius 1 is 1.09 bits per heavy atom. The van der Waals surface area contributed by atoms with Crippen LogP contribution in [0.2, 0.25) is 0 Å². The van der Waals surface area contributed by atoms with Gasteiger partial charge in [-0.15, -0.1) is 0 Å². The van der Waals surface area contributed by atoms with Crippen molar-refractivity contribution in [3.63, 3.8) is 0 Å². The summed E-state index contributed by atoms with van der Waals surface area (Å²) in [5.41, 5.74) is 4.67. The summed E-state index contributed by atoms with van der Waals surface area (Å²) in [6.07, 6.45) is -4.81. The number of hydrogen-bond donors (Lipinski definition) is 1. The molecule has 0 spiro atoms. The van der Waals surface area contributed by atoms with Gasteiger partial charge in [-0.05, 0) is 23.3 Å². The maximum Gasteiger partial charge on any atom is 0.418 e. The molecule has 0 fully saturated rings. The minimum atomic E-state index is -4.55. The molecule has 0 saturated heterocycles. The maximum atomic E-state index is 13.9. The van der Waals surface area contributed by atoms with Gasteiger partial charge >= 0.3 is 6.18 Å². The quantitative estimate of drug-likeness (QED) is 0.805. The van der Waals surface area contributed by atoms with E-state index in [1.54, 1.807) is 36.4 Å². The van der Waals surface area contributed by atoms with Crippen molar-refractivity contribution in [1.29, 1.82) is 0 Å². The van der Waals surface area contributed by atoms with Gasteiger partial charge in [0, 0.05) is 16.5 Å². The summed E-state index contributed by atoms with van der Waals surface area (Å²) in [5, 5.41) is 0. The fraction of sp³-hybridized carbons (Fsp3) is 0.188. The molecule has 2 aromatic carbocycles. The first-order valence-corrected chi connectivity index (χ1v) is 7.39. The van der Waals surface area contributed by atoms with Crippen molar-refractivity contribution in [2.24, 2.45) is 10.7 Å². The Morgan fingerprint density at radius 2 is 1.82 bits per heavy atom. The lowest BCUT2D eigenvalue weighted by atomic mass is 9.80. The van der Waals surface area contributed by atoms with Crippen molar-refractivity contribution in [3.05, 3.63) is 69.7 Å². The van der Waals surface area contributed by atoms with Crippen molar-refractivity contribution in [1.82, 2.24) is 0 Å². The number of nitrogens with zero attached hydrogens (tertiary/aromatic N) is 1. The van der Waals surface area contributed by atoms with Crippen LogP contribution in [0.25, 0.3) is 0 Å². The molecule has 3 rings (SSSR count). The Morgan fingerprint density at radius 3 is 2.50 bits per heavy atom. The highest BCUT2D eigenvalue weighted by Gasteiger charge is 2.57. The van der Waals surface area contributed by atoms with Crippen LogP contribution in [0.15, 0.2) is 58.0 Å². The van der Waals surface area contributed by atoms with E-state index in [1.807, 2.05) is 0 Å². The van der Waals surface area contributed by atoms with Gasteiger partial charge in [0.25, 0.3) is 0 Å². The van der Waals surface area contributed by atoms with E-state index in [1.165, 1.54) is 12.1 Å². The van der Waals surface area contributed by atoms with Crippen molar-refractivity contribution >= 4 is 21.8 Å². The third-order valence-electron chi connectivity index (χ3n) is 3.82. The summed E-state index contributed by atoms with van der Waals surface area (Å²) < 4.78 is 42.3. The second kappa shape index (κ2) is 5.12. The number of fused-ring (bicyclic) bond motifs is 1. The van der Waals surface area contributed by atoms with Gasteiger partial charge in [0.15, 0.2) is 5.54 Å². The monoisotopic (exact) mass is 368 g/mol. The second-order valence-electron chi connectivity index (χ2n) is 5.20. The first-order chi connectivity index (χ1) is 10.3. The van der Waals surface area contributed by atoms with Crippen LogP contribution in [0.1, 0.15) is 16.7 Å². The van der Waals surface area contributed by atoms with E-state index in [-0.39, 0.29) is 17.8 Å². The van der Waals surface area contributed by atoms with Gasteiger partial charge in [0.05, 0.1) is 0 Å². The number of rotatable bonds is 1. The molecule has 2 N–H and O–H groups in total. The summed E-state index contributed by atoms with van der Waals surface area (Å²) in [7, 11) is 0. The number of halogens is 4. The molecule has 114 valence electrons. The molecule has 2 aromatic rings. The van der Waals surface area contributed by atoms with Crippen LogP contribution in [-0.4, -0.2) is 12.0 Å². The van der Waals surface area contributed by atoms with Crippen LogP contribution in [0.3, 0.4) is 0 Å². The number of alkyl halides is 3. The Balaban J connectivity index is 2.25. The molecule has 1 aliphatic heterocycles. The van der Waals surface area contributed by atoms with E-state index >= 15 is 0 Å². The number of nitrogens with two attached hydrogens (primary N) is 1. The van der Waals surface area contributed by atoms with E-state index in [2.05, 4.69) is 20.9 Å². The second-order valence-corrected chi connectivity index (χ2v) is 6.12. The van der Waals surface area contributed by atoms with Crippen LogP contribution in [0.5, 0.6) is 0 Å². The molecule has 22 heavy (non-hydrogen) atoms. The van der Waals surface area contributed by atoms with E-state index in [0.29, 0.717) is 15.6 Å². The zero-order chi connectivity index (χ0) is 16.0. The number of amidine groups is 1. The van der Waals surface area contributed by atoms with Crippen LogP contribution in [0, 0.1) is 0 Å². The predicted molar refractivity (Wildman–Crippen MR) is 82.7 cm³/mol. The minimum absolute atomic E-state index is 0.0758. The number of aliphatic imine (C=N–C) groups is 1. The lowest BCUT2D eigenvalue weighted by Crippen LogP contribution is -2.47. The highest BCUT2D eigenvalue weighted by atomic mass is 79.9. The Labute approximate surface area is 134 Å². The highest BCUT2D eigenvalue weighted by Crippen LogP contribution is 2.47. The SMILES string of the molecule is NC1=NC(c2cccc(Br)c2)(C(F)(F)F)Cc2ccccc21. The Kier molecular flexibility index (Phi) is 3.51. The van der Waals surface area contributed by atoms with Gasteiger partial charge < -0.3 is 5.73 Å². The lowest BCUT2D eigenvalue weighted by molar-refractivity contribution is -0.189. The first-order valence-electron chi connectivity index (χ1n) is 6.60. The van der Waals surface area contributed by atoms with E-state index in [0.717, 1.165) is 0 Å². The molecule has 0 amide bonds. The van der Waals surface area contributed by atoms with Crippen LogP contribution >= 0.6 is 15.9 Å². The lowest BCUT2D eigenvalue weighted by Gasteiger charge is -2.36. The van der Waals surface area contributed by atoms with E-state index in [4.69, 9.17) is 5.73 Å². The average molecular weight is 369 g/mol. The van der Waals surface area contributed by atoms with Gasteiger partial charge in [-0.2, -0.15) is 13.2 Å². The predicted octanol–water partition coefficient (Wildman–Crippen LogP) is 4.17. The molecule has 0 radical (unpaired) electrons. The van der Waals surface area contributed by atoms with E-state index in [9.17, 15) is 13.2 Å². The van der Waals surface area contributed by atoms with Gasteiger partial charge in [-0.3, -0.25) is 0 Å². The van der Waals surface area contributed by atoms with Crippen molar-refractivity contribution in [2.45, 2.75) is 18.1 Å². The fourth-order valence-electron chi connectivity index (χ4n) is 2.74. The molecule has 1 heterocycles. The molecule has 1 aliphatic rings. The maximum absolute atomic E-state index is 13.9. The minimum Gasteiger partial charge on any atom is -0.383 e. The molecule has 1 atom stereocenters. The zero-order valence-electron chi connectivity index (χ0n) is 11.4. The van der Waals surface area contributed by atoms with Crippen LogP contribution in [-0.2, 0) is 12.0 Å². The van der Waals surface area contributed by atoms with Gasteiger partial charge in [0.2, 0.25) is 0 Å². The van der Waals surface area contributed by atoms with Crippen molar-refractivity contribution < 1.29 is 13.2 Å². The van der Waals surface area contributed by atoms with E-state index < -0.39 is 11.7 Å². The molecule has 1 unspecified atom stereocenters. The summed E-state index contributed by atoms with van der Waals surface area (Å²) in [6.45, 7) is 0. The molecule has 6 heteroatoms. The average Bonchev–Trinajstić information content (AvgIpc) is 2.46. The molecule has 0 aliphatic carbocycles. The summed E-state index contributed by atoms with van der Waals surface area (Å²) in [5.74, 6) is -0.0841. The zero-order valence-corrected chi connectivity index (χ0v) is 12.9. The van der Waals surface area contributed by atoms with Crippen LogP contribution < -0.4 is 5.73 Å². The van der Waals surface area contributed by atoms with Gasteiger partial charge in [0.1, 0.15) is 5.84 Å². The summed E-state index contributed by atoms with van der Waals surface area (Å²) >= 11 is 3.22. The molecule has 0 saturated carbocycles. The molecular weight excluding hydrogens is 357 g/mol. The number of hydrogen-bond acceptors (Lipinski definition) is 2. The van der Waals surface area contributed by atoms with Crippen molar-refractivity contribution in [2.75, 3.05) is 0 Å². The Bertz CT molecular complexity index is 755. The van der Waals surface area contributed by atoms with Gasteiger partial charge in [-0.25, -0.2) is 4.99 Å². The molecular formula is C16H12BrF3N2. The standard InChI is InChI=1S/C16H12BrF3N2/c17-12-6-3-5-11(8-12)15(16(18,19)20)9-10-4-1-2-7-13(10)14(21)22-15/h1-8H,9H2,(H2,21,22). The van der Waals surface area contributed by atoms with Crippen LogP contribution in [0.4, 0.5) is 13.2 Å².